The van der Waals surface area contributed by atoms with Crippen LogP contribution in [0.2, 0.25) is 5.02 Å². The van der Waals surface area contributed by atoms with Crippen molar-refractivity contribution < 1.29 is 27.1 Å². The Morgan fingerprint density at radius 2 is 2.00 bits per heavy atom. The Hall–Kier alpha value is -2.99. The minimum atomic E-state index is -4.70. The molecule has 0 fully saturated rings. The van der Waals surface area contributed by atoms with Crippen LogP contribution in [-0.4, -0.2) is 26.0 Å². The van der Waals surface area contributed by atoms with Gasteiger partial charge in [-0.2, -0.15) is 13.2 Å². The Labute approximate surface area is 188 Å². The minimum Gasteiger partial charge on any atom is -0.482 e. The molecule has 1 atom stereocenters. The van der Waals surface area contributed by atoms with Crippen LogP contribution < -0.4 is 15.9 Å². The molecule has 1 heterocycles. The number of anilines is 1. The number of aromatic nitrogens is 3. The van der Waals surface area contributed by atoms with E-state index in [0.29, 0.717) is 0 Å². The highest BCUT2D eigenvalue weighted by molar-refractivity contribution is 8.00. The number of halogens is 5. The molecule has 0 bridgehead atoms. The zero-order valence-electron chi connectivity index (χ0n) is 16.4. The van der Waals surface area contributed by atoms with Crippen LogP contribution in [0.5, 0.6) is 5.75 Å². The molecule has 1 unspecified atom stereocenters. The van der Waals surface area contributed by atoms with Crippen molar-refractivity contribution >= 4 is 35.0 Å². The summed E-state index contributed by atoms with van der Waals surface area (Å²) in [5.41, 5.74) is -1.49. The molecule has 0 radical (unpaired) electrons. The average molecular weight is 490 g/mol. The van der Waals surface area contributed by atoms with E-state index in [1.807, 2.05) is 0 Å². The molecule has 13 heteroatoms. The molecular formula is C19H16ClF4N5O2S. The van der Waals surface area contributed by atoms with Gasteiger partial charge in [0.2, 0.25) is 11.1 Å². The van der Waals surface area contributed by atoms with E-state index in [1.165, 1.54) is 31.2 Å². The van der Waals surface area contributed by atoms with E-state index in [2.05, 4.69) is 15.5 Å². The largest absolute Gasteiger partial charge is 0.482 e. The van der Waals surface area contributed by atoms with Crippen LogP contribution in [-0.2, 0) is 17.6 Å². The summed E-state index contributed by atoms with van der Waals surface area (Å²) in [5, 5.41) is 9.06. The van der Waals surface area contributed by atoms with Gasteiger partial charge in [-0.15, -0.1) is 10.2 Å². The lowest BCUT2D eigenvalue weighted by atomic mass is 10.1. The molecule has 3 N–H and O–H groups in total. The molecule has 170 valence electrons. The quantitative estimate of drug-likeness (QED) is 0.288. The number of nitrogens with two attached hydrogens (primary N) is 1. The molecular weight excluding hydrogens is 474 g/mol. The first-order valence-electron chi connectivity index (χ1n) is 8.97. The van der Waals surface area contributed by atoms with E-state index in [4.69, 9.17) is 22.2 Å². The Morgan fingerprint density at radius 3 is 2.69 bits per heavy atom. The Kier molecular flexibility index (Phi) is 7.14. The van der Waals surface area contributed by atoms with Crippen molar-refractivity contribution in [2.75, 3.05) is 11.2 Å². The second kappa shape index (κ2) is 9.65. The van der Waals surface area contributed by atoms with Gasteiger partial charge in [0.25, 0.3) is 0 Å². The van der Waals surface area contributed by atoms with Crippen LogP contribution in [0.25, 0.3) is 0 Å². The zero-order chi connectivity index (χ0) is 23.5. The van der Waals surface area contributed by atoms with Gasteiger partial charge < -0.3 is 15.9 Å². The van der Waals surface area contributed by atoms with Crippen LogP contribution in [0.4, 0.5) is 23.2 Å². The number of thioether (sulfide) groups is 1. The normalized spacial score (nSPS) is 12.4. The fourth-order valence-corrected chi connectivity index (χ4v) is 3.46. The van der Waals surface area contributed by atoms with E-state index in [9.17, 15) is 22.4 Å². The fraction of sp³-hybridized carbons (Fsp3) is 0.211. The van der Waals surface area contributed by atoms with Crippen LogP contribution in [0.3, 0.4) is 0 Å². The molecule has 3 aromatic rings. The number of benzene rings is 2. The van der Waals surface area contributed by atoms with Crippen molar-refractivity contribution in [3.05, 3.63) is 64.7 Å². The van der Waals surface area contributed by atoms with Crippen LogP contribution >= 0.6 is 23.4 Å². The van der Waals surface area contributed by atoms with E-state index in [1.54, 1.807) is 6.07 Å². The molecule has 0 saturated carbocycles. The molecule has 0 spiro atoms. The topological polar surface area (TPSA) is 95.1 Å². The summed E-state index contributed by atoms with van der Waals surface area (Å²) in [7, 11) is 0. The number of nitrogens with one attached hydrogen (secondary N) is 1. The van der Waals surface area contributed by atoms with Crippen molar-refractivity contribution in [1.29, 1.82) is 0 Å². The van der Waals surface area contributed by atoms with Crippen molar-refractivity contribution in [2.24, 2.45) is 0 Å². The highest BCUT2D eigenvalue weighted by Crippen LogP contribution is 2.37. The van der Waals surface area contributed by atoms with Gasteiger partial charge in [-0.05, 0) is 37.3 Å². The van der Waals surface area contributed by atoms with Gasteiger partial charge in [0.1, 0.15) is 6.61 Å². The SMILES string of the molecule is CC(Sc1nnc(COc2ccccc2F)n1N)C(=O)Nc1ccc(Cl)cc1C(F)(F)F. The molecule has 3 rings (SSSR count). The van der Waals surface area contributed by atoms with Crippen LogP contribution in [0, 0.1) is 5.82 Å². The van der Waals surface area contributed by atoms with Crippen LogP contribution in [0.1, 0.15) is 18.3 Å². The second-order valence-electron chi connectivity index (χ2n) is 6.42. The van der Waals surface area contributed by atoms with Crippen molar-refractivity contribution in [3.8, 4) is 5.75 Å². The first kappa shape index (κ1) is 23.7. The number of carbonyl (C=O) groups is 1. The smallest absolute Gasteiger partial charge is 0.418 e. The third kappa shape index (κ3) is 5.62. The summed E-state index contributed by atoms with van der Waals surface area (Å²) >= 11 is 6.52. The standard InChI is InChI=1S/C19H16ClF4N5O2S/c1-10(17(30)26-14-7-6-11(20)8-12(14)19(22,23)24)32-18-28-27-16(29(18)25)9-31-15-5-3-2-4-13(15)21/h2-8,10H,9,25H2,1H3,(H,26,30). The fourth-order valence-electron chi connectivity index (χ4n) is 2.50. The maximum Gasteiger partial charge on any atom is 0.418 e. The van der Waals surface area contributed by atoms with Crippen molar-refractivity contribution in [2.45, 2.75) is 30.1 Å². The molecule has 0 saturated heterocycles. The van der Waals surface area contributed by atoms with Crippen molar-refractivity contribution in [3.63, 3.8) is 0 Å². The number of amides is 1. The van der Waals surface area contributed by atoms with E-state index < -0.39 is 34.4 Å². The average Bonchev–Trinajstić information content (AvgIpc) is 3.07. The Morgan fingerprint density at radius 1 is 1.28 bits per heavy atom. The molecule has 2 aromatic carbocycles. The summed E-state index contributed by atoms with van der Waals surface area (Å²) in [6.07, 6.45) is -4.70. The lowest BCUT2D eigenvalue weighted by Crippen LogP contribution is -2.25. The predicted octanol–water partition coefficient (Wildman–Crippen LogP) is 4.50. The number of hydrogen-bond donors (Lipinski definition) is 2. The highest BCUT2D eigenvalue weighted by atomic mass is 35.5. The first-order valence-corrected chi connectivity index (χ1v) is 10.2. The number of ether oxygens (including phenoxy) is 1. The number of rotatable bonds is 7. The van der Waals surface area contributed by atoms with Gasteiger partial charge in [0, 0.05) is 5.02 Å². The van der Waals surface area contributed by atoms with E-state index in [0.717, 1.165) is 28.6 Å². The van der Waals surface area contributed by atoms with Gasteiger partial charge in [0.15, 0.2) is 17.4 Å². The minimum absolute atomic E-state index is 0.000817. The maximum absolute atomic E-state index is 13.6. The number of nitrogen functional groups attached to an aromatic ring is 1. The Bertz CT molecular complexity index is 1130. The summed E-state index contributed by atoms with van der Waals surface area (Å²) in [5.74, 6) is 4.79. The molecule has 7 nitrogen and oxygen atoms in total. The van der Waals surface area contributed by atoms with E-state index >= 15 is 0 Å². The third-order valence-corrected chi connectivity index (χ3v) is 5.42. The molecule has 32 heavy (non-hydrogen) atoms. The number of nitrogens with zero attached hydrogens (tertiary/aromatic N) is 3. The number of carbonyl (C=O) groups excluding carboxylic acids is 1. The number of hydrogen-bond acceptors (Lipinski definition) is 6. The summed E-state index contributed by atoms with van der Waals surface area (Å²) in [4.78, 5) is 12.5. The predicted molar refractivity (Wildman–Crippen MR) is 111 cm³/mol. The van der Waals surface area contributed by atoms with Crippen LogP contribution in [0.15, 0.2) is 47.6 Å². The monoisotopic (exact) mass is 489 g/mol. The van der Waals surface area contributed by atoms with Gasteiger partial charge in [-0.3, -0.25) is 4.79 Å². The van der Waals surface area contributed by atoms with E-state index in [-0.39, 0.29) is 28.4 Å². The maximum atomic E-state index is 13.6. The first-order chi connectivity index (χ1) is 15.1. The van der Waals surface area contributed by atoms with Gasteiger partial charge in [-0.1, -0.05) is 35.5 Å². The lowest BCUT2D eigenvalue weighted by molar-refractivity contribution is -0.137. The van der Waals surface area contributed by atoms with Gasteiger partial charge in [0.05, 0.1) is 16.5 Å². The lowest BCUT2D eigenvalue weighted by Gasteiger charge is -2.16. The number of alkyl halides is 3. The molecule has 0 aliphatic carbocycles. The number of para-hydroxylation sites is 1. The molecule has 1 amide bonds. The third-order valence-electron chi connectivity index (χ3n) is 4.12. The summed E-state index contributed by atoms with van der Waals surface area (Å²) < 4.78 is 59.7. The van der Waals surface area contributed by atoms with Gasteiger partial charge >= 0.3 is 6.18 Å². The second-order valence-corrected chi connectivity index (χ2v) is 8.17. The summed E-state index contributed by atoms with van der Waals surface area (Å²) in [6, 6.07) is 8.81. The molecule has 1 aromatic heterocycles. The zero-order valence-corrected chi connectivity index (χ0v) is 17.9. The molecule has 0 aliphatic heterocycles. The molecule has 0 aliphatic rings. The Balaban J connectivity index is 1.66. The van der Waals surface area contributed by atoms with Gasteiger partial charge in [-0.25, -0.2) is 9.07 Å². The van der Waals surface area contributed by atoms with Crippen molar-refractivity contribution in [1.82, 2.24) is 14.9 Å². The highest BCUT2D eigenvalue weighted by Gasteiger charge is 2.34. The summed E-state index contributed by atoms with van der Waals surface area (Å²) in [6.45, 7) is 1.28.